The Hall–Kier alpha value is -2.07. The van der Waals surface area contributed by atoms with Crippen LogP contribution in [0.25, 0.3) is 10.2 Å². The summed E-state index contributed by atoms with van der Waals surface area (Å²) in [7, 11) is 0. The molecule has 0 aliphatic rings. The van der Waals surface area contributed by atoms with Crippen molar-refractivity contribution < 1.29 is 4.74 Å². The van der Waals surface area contributed by atoms with Crippen LogP contribution < -0.4 is 10.5 Å². The number of thiazole rings is 1. The van der Waals surface area contributed by atoms with Crippen LogP contribution >= 0.6 is 11.3 Å². The van der Waals surface area contributed by atoms with E-state index in [-0.39, 0.29) is 0 Å². The molecule has 0 bridgehead atoms. The third-order valence-electron chi connectivity index (χ3n) is 3.04. The summed E-state index contributed by atoms with van der Waals surface area (Å²) in [6, 6.07) is 11.9. The predicted molar refractivity (Wildman–Crippen MR) is 79.9 cm³/mol. The van der Waals surface area contributed by atoms with E-state index in [4.69, 9.17) is 10.5 Å². The average Bonchev–Trinajstić information content (AvgIpc) is 2.91. The first-order chi connectivity index (χ1) is 9.28. The average molecular weight is 270 g/mol. The van der Waals surface area contributed by atoms with Crippen LogP contribution in [0, 0.1) is 0 Å². The van der Waals surface area contributed by atoms with Crippen LogP contribution in [0.3, 0.4) is 0 Å². The molecule has 3 nitrogen and oxygen atoms in total. The van der Waals surface area contributed by atoms with Gasteiger partial charge < -0.3 is 10.5 Å². The molecule has 0 spiro atoms. The quantitative estimate of drug-likeness (QED) is 0.724. The summed E-state index contributed by atoms with van der Waals surface area (Å²) in [6.45, 7) is 2.12. The van der Waals surface area contributed by atoms with Gasteiger partial charge in [0, 0.05) is 0 Å². The fourth-order valence-corrected chi connectivity index (χ4v) is 2.67. The zero-order valence-electron chi connectivity index (χ0n) is 10.6. The lowest BCUT2D eigenvalue weighted by Crippen LogP contribution is -1.93. The second kappa shape index (κ2) is 4.90. The summed E-state index contributed by atoms with van der Waals surface area (Å²) in [6.07, 6.45) is 0.984. The van der Waals surface area contributed by atoms with E-state index < -0.39 is 0 Å². The van der Waals surface area contributed by atoms with Crippen molar-refractivity contribution in [2.75, 3.05) is 5.73 Å². The number of rotatable bonds is 3. The molecular weight excluding hydrogens is 256 g/mol. The van der Waals surface area contributed by atoms with Gasteiger partial charge in [0.05, 0.1) is 10.2 Å². The molecular formula is C15H14N2OS. The Kier molecular flexibility index (Phi) is 3.09. The highest BCUT2D eigenvalue weighted by Gasteiger charge is 2.08. The number of ether oxygens (including phenoxy) is 1. The van der Waals surface area contributed by atoms with Crippen LogP contribution in [-0.4, -0.2) is 4.98 Å². The van der Waals surface area contributed by atoms with E-state index in [0.717, 1.165) is 22.4 Å². The third-order valence-corrected chi connectivity index (χ3v) is 3.83. The van der Waals surface area contributed by atoms with Crippen LogP contribution in [0.1, 0.15) is 12.5 Å². The first kappa shape index (κ1) is 12.0. The number of nitrogen functional groups attached to an aromatic ring is 1. The summed E-state index contributed by atoms with van der Waals surface area (Å²) in [4.78, 5) is 4.27. The minimum atomic E-state index is 0.598. The molecule has 0 amide bonds. The van der Waals surface area contributed by atoms with Gasteiger partial charge >= 0.3 is 0 Å². The predicted octanol–water partition coefficient (Wildman–Crippen LogP) is 4.23. The number of benzene rings is 2. The highest BCUT2D eigenvalue weighted by atomic mass is 32.1. The molecule has 1 heterocycles. The number of hydrogen-bond donors (Lipinski definition) is 1. The van der Waals surface area contributed by atoms with E-state index in [1.54, 1.807) is 16.8 Å². The Bertz CT molecular complexity index is 721. The van der Waals surface area contributed by atoms with Gasteiger partial charge in [-0.15, -0.1) is 11.3 Å². The summed E-state index contributed by atoms with van der Waals surface area (Å²) >= 11 is 1.58. The molecule has 2 aromatic carbocycles. The summed E-state index contributed by atoms with van der Waals surface area (Å²) in [5, 5.41) is 0. The van der Waals surface area contributed by atoms with Crippen LogP contribution in [0.5, 0.6) is 11.5 Å². The molecule has 0 saturated carbocycles. The Balaban J connectivity index is 1.98. The van der Waals surface area contributed by atoms with Crippen molar-refractivity contribution in [3.05, 3.63) is 47.5 Å². The van der Waals surface area contributed by atoms with Gasteiger partial charge in [-0.05, 0) is 36.2 Å². The van der Waals surface area contributed by atoms with Crippen LogP contribution in [0.2, 0.25) is 0 Å². The lowest BCUT2D eigenvalue weighted by Gasteiger charge is -2.09. The summed E-state index contributed by atoms with van der Waals surface area (Å²) in [5.74, 6) is 1.47. The van der Waals surface area contributed by atoms with Crippen LogP contribution in [0.4, 0.5) is 5.69 Å². The van der Waals surface area contributed by atoms with E-state index in [1.165, 1.54) is 5.56 Å². The number of fused-ring (bicyclic) bond motifs is 1. The smallest absolute Gasteiger partial charge is 0.152 e. The molecule has 0 unspecified atom stereocenters. The molecule has 1 aromatic heterocycles. The van der Waals surface area contributed by atoms with Gasteiger partial charge in [0.1, 0.15) is 17.0 Å². The van der Waals surface area contributed by atoms with Crippen molar-refractivity contribution in [3.8, 4) is 11.5 Å². The SMILES string of the molecule is CCc1cccc(Oc2ccc3scnc3c2N)c1. The molecule has 0 atom stereocenters. The van der Waals surface area contributed by atoms with E-state index >= 15 is 0 Å². The Morgan fingerprint density at radius 1 is 1.26 bits per heavy atom. The normalized spacial score (nSPS) is 10.8. The van der Waals surface area contributed by atoms with Gasteiger partial charge in [-0.2, -0.15) is 0 Å². The van der Waals surface area contributed by atoms with E-state index in [0.29, 0.717) is 11.4 Å². The molecule has 3 aromatic rings. The van der Waals surface area contributed by atoms with Crippen molar-refractivity contribution in [2.24, 2.45) is 0 Å². The number of anilines is 1. The fourth-order valence-electron chi connectivity index (χ4n) is 1.98. The first-order valence-electron chi connectivity index (χ1n) is 6.16. The minimum absolute atomic E-state index is 0.598. The third kappa shape index (κ3) is 2.27. The van der Waals surface area contributed by atoms with E-state index in [1.807, 2.05) is 30.3 Å². The maximum absolute atomic E-state index is 6.10. The molecule has 96 valence electrons. The molecule has 0 radical (unpaired) electrons. The first-order valence-corrected chi connectivity index (χ1v) is 7.04. The molecule has 0 saturated heterocycles. The lowest BCUT2D eigenvalue weighted by atomic mass is 10.2. The van der Waals surface area contributed by atoms with Gasteiger partial charge in [-0.25, -0.2) is 4.98 Å². The van der Waals surface area contributed by atoms with Crippen LogP contribution in [0.15, 0.2) is 41.9 Å². The monoisotopic (exact) mass is 270 g/mol. The van der Waals surface area contributed by atoms with Crippen molar-refractivity contribution in [3.63, 3.8) is 0 Å². The minimum Gasteiger partial charge on any atom is -0.455 e. The molecule has 2 N–H and O–H groups in total. The largest absolute Gasteiger partial charge is 0.455 e. The second-order valence-corrected chi connectivity index (χ2v) is 5.17. The fraction of sp³-hybridized carbons (Fsp3) is 0.133. The highest BCUT2D eigenvalue weighted by Crippen LogP contribution is 2.34. The zero-order valence-corrected chi connectivity index (χ0v) is 11.4. The number of aryl methyl sites for hydroxylation is 1. The summed E-state index contributed by atoms with van der Waals surface area (Å²) < 4.78 is 6.94. The van der Waals surface area contributed by atoms with Crippen molar-refractivity contribution in [2.45, 2.75) is 13.3 Å². The highest BCUT2D eigenvalue weighted by molar-refractivity contribution is 7.16. The van der Waals surface area contributed by atoms with Crippen molar-refractivity contribution >= 4 is 27.2 Å². The van der Waals surface area contributed by atoms with Crippen molar-refractivity contribution in [1.82, 2.24) is 4.98 Å². The number of hydrogen-bond acceptors (Lipinski definition) is 4. The topological polar surface area (TPSA) is 48.1 Å². The number of nitrogens with two attached hydrogens (primary N) is 1. The Labute approximate surface area is 115 Å². The molecule has 0 aliphatic heterocycles. The van der Waals surface area contributed by atoms with Crippen molar-refractivity contribution in [1.29, 1.82) is 0 Å². The Morgan fingerprint density at radius 3 is 3.00 bits per heavy atom. The molecule has 3 rings (SSSR count). The van der Waals surface area contributed by atoms with E-state index in [9.17, 15) is 0 Å². The van der Waals surface area contributed by atoms with Gasteiger partial charge in [-0.1, -0.05) is 19.1 Å². The van der Waals surface area contributed by atoms with Crippen LogP contribution in [-0.2, 0) is 6.42 Å². The van der Waals surface area contributed by atoms with Gasteiger partial charge in [0.25, 0.3) is 0 Å². The zero-order chi connectivity index (χ0) is 13.2. The maximum atomic E-state index is 6.10. The number of aromatic nitrogens is 1. The number of nitrogens with zero attached hydrogens (tertiary/aromatic N) is 1. The molecule has 19 heavy (non-hydrogen) atoms. The standard InChI is InChI=1S/C15H14N2OS/c1-2-10-4-3-5-11(8-10)18-12-6-7-13-15(14(12)16)17-9-19-13/h3-9H,2,16H2,1H3. The molecule has 4 heteroatoms. The second-order valence-electron chi connectivity index (χ2n) is 4.28. The maximum Gasteiger partial charge on any atom is 0.152 e. The molecule has 0 aliphatic carbocycles. The summed E-state index contributed by atoms with van der Waals surface area (Å²) in [5.41, 5.74) is 10.5. The van der Waals surface area contributed by atoms with E-state index in [2.05, 4.69) is 18.0 Å². The Morgan fingerprint density at radius 2 is 2.16 bits per heavy atom. The van der Waals surface area contributed by atoms with Gasteiger partial charge in [0.2, 0.25) is 0 Å². The van der Waals surface area contributed by atoms with Gasteiger partial charge in [-0.3, -0.25) is 0 Å². The molecule has 0 fully saturated rings. The lowest BCUT2D eigenvalue weighted by molar-refractivity contribution is 0.485. The van der Waals surface area contributed by atoms with Gasteiger partial charge in [0.15, 0.2) is 5.75 Å².